The average molecular weight is 244 g/mol. The van der Waals surface area contributed by atoms with Crippen LogP contribution in [0.3, 0.4) is 0 Å². The van der Waals surface area contributed by atoms with Gasteiger partial charge in [-0.1, -0.05) is 19.4 Å². The molecule has 102 valence electrons. The highest BCUT2D eigenvalue weighted by atomic mass is 16.4. The highest BCUT2D eigenvalue weighted by Crippen LogP contribution is 2.00. The summed E-state index contributed by atoms with van der Waals surface area (Å²) < 4.78 is 0. The van der Waals surface area contributed by atoms with Gasteiger partial charge >= 0.3 is 5.97 Å². The topological polar surface area (TPSA) is 43.8 Å². The van der Waals surface area contributed by atoms with Crippen LogP contribution in [-0.2, 0) is 4.79 Å². The van der Waals surface area contributed by atoms with Crippen LogP contribution in [0.2, 0.25) is 0 Å². The third-order valence-electron chi connectivity index (χ3n) is 2.14. The standard InChI is InChI=1S/C10H24N2.C3H4O2/c1-11(2)9-7-5-6-8-10-12(3)4;1-2-3(4)5/h5-10H2,1-4H3;2H,1H2,(H,4,5). The van der Waals surface area contributed by atoms with Gasteiger partial charge in [-0.05, 0) is 54.1 Å². The van der Waals surface area contributed by atoms with E-state index < -0.39 is 5.97 Å². The molecule has 0 rings (SSSR count). The van der Waals surface area contributed by atoms with E-state index in [0.717, 1.165) is 6.08 Å². The predicted molar refractivity (Wildman–Crippen MR) is 73.4 cm³/mol. The van der Waals surface area contributed by atoms with Crippen LogP contribution in [0, 0.1) is 0 Å². The minimum absolute atomic E-state index is 0.833. The third-order valence-corrected chi connectivity index (χ3v) is 2.14. The molecule has 0 fully saturated rings. The maximum atomic E-state index is 9.25. The molecule has 17 heavy (non-hydrogen) atoms. The van der Waals surface area contributed by atoms with E-state index >= 15 is 0 Å². The number of carboxylic acids is 1. The van der Waals surface area contributed by atoms with Gasteiger partial charge in [-0.25, -0.2) is 4.79 Å². The van der Waals surface area contributed by atoms with E-state index in [1.807, 2.05) is 0 Å². The summed E-state index contributed by atoms with van der Waals surface area (Å²) in [4.78, 5) is 13.8. The first kappa shape index (κ1) is 18.5. The number of aliphatic carboxylic acids is 1. The SMILES string of the molecule is C=CC(=O)O.CN(C)CCCCCCN(C)C. The van der Waals surface area contributed by atoms with Gasteiger partial charge in [0.15, 0.2) is 0 Å². The minimum atomic E-state index is -0.981. The van der Waals surface area contributed by atoms with Crippen molar-refractivity contribution >= 4 is 5.97 Å². The van der Waals surface area contributed by atoms with Crippen molar-refractivity contribution in [2.75, 3.05) is 41.3 Å². The van der Waals surface area contributed by atoms with Gasteiger partial charge in [0.25, 0.3) is 0 Å². The lowest BCUT2D eigenvalue weighted by Gasteiger charge is -2.10. The van der Waals surface area contributed by atoms with Gasteiger partial charge in [0.2, 0.25) is 0 Å². The summed E-state index contributed by atoms with van der Waals surface area (Å²) in [5, 5.41) is 7.60. The molecule has 0 amide bonds. The van der Waals surface area contributed by atoms with Crippen LogP contribution < -0.4 is 0 Å². The Kier molecular flexibility index (Phi) is 14.4. The zero-order valence-corrected chi connectivity index (χ0v) is 11.8. The second-order valence-corrected chi connectivity index (χ2v) is 4.56. The Labute approximate surface area is 106 Å². The molecule has 0 saturated heterocycles. The Morgan fingerprint density at radius 1 is 1.00 bits per heavy atom. The highest BCUT2D eigenvalue weighted by molar-refractivity contribution is 5.78. The average Bonchev–Trinajstić information content (AvgIpc) is 2.23. The first-order chi connectivity index (χ1) is 7.90. The van der Waals surface area contributed by atoms with Crippen molar-refractivity contribution in [2.45, 2.75) is 25.7 Å². The Morgan fingerprint density at radius 2 is 1.29 bits per heavy atom. The van der Waals surface area contributed by atoms with Crippen molar-refractivity contribution in [3.05, 3.63) is 12.7 Å². The summed E-state index contributed by atoms with van der Waals surface area (Å²) in [6, 6.07) is 0. The smallest absolute Gasteiger partial charge is 0.327 e. The number of carboxylic acid groups (broad SMARTS) is 1. The molecule has 0 saturated carbocycles. The molecular weight excluding hydrogens is 216 g/mol. The summed E-state index contributed by atoms with van der Waals surface area (Å²) in [5.41, 5.74) is 0. The molecule has 4 nitrogen and oxygen atoms in total. The lowest BCUT2D eigenvalue weighted by atomic mass is 10.2. The second-order valence-electron chi connectivity index (χ2n) is 4.56. The van der Waals surface area contributed by atoms with Gasteiger partial charge in [-0.3, -0.25) is 0 Å². The summed E-state index contributed by atoms with van der Waals surface area (Å²) in [7, 11) is 8.55. The van der Waals surface area contributed by atoms with E-state index in [-0.39, 0.29) is 0 Å². The fourth-order valence-corrected chi connectivity index (χ4v) is 1.21. The first-order valence-corrected chi connectivity index (χ1v) is 6.05. The maximum absolute atomic E-state index is 9.25. The largest absolute Gasteiger partial charge is 0.478 e. The molecule has 0 aromatic heterocycles. The van der Waals surface area contributed by atoms with Crippen LogP contribution in [-0.4, -0.2) is 62.2 Å². The molecule has 0 heterocycles. The van der Waals surface area contributed by atoms with E-state index in [1.165, 1.54) is 38.8 Å². The van der Waals surface area contributed by atoms with Gasteiger partial charge < -0.3 is 14.9 Å². The second kappa shape index (κ2) is 13.2. The molecule has 0 atom stereocenters. The quantitative estimate of drug-likeness (QED) is 0.523. The number of rotatable bonds is 8. The maximum Gasteiger partial charge on any atom is 0.327 e. The number of carbonyl (C=O) groups is 1. The van der Waals surface area contributed by atoms with Crippen molar-refractivity contribution in [2.24, 2.45) is 0 Å². The van der Waals surface area contributed by atoms with Crippen LogP contribution in [0.25, 0.3) is 0 Å². The van der Waals surface area contributed by atoms with Gasteiger partial charge in [-0.2, -0.15) is 0 Å². The molecule has 0 aliphatic heterocycles. The zero-order chi connectivity index (χ0) is 13.7. The Hall–Kier alpha value is -0.870. The Balaban J connectivity index is 0. The number of hydrogen-bond donors (Lipinski definition) is 1. The van der Waals surface area contributed by atoms with E-state index in [2.05, 4.69) is 44.6 Å². The predicted octanol–water partition coefficient (Wildman–Crippen LogP) is 1.93. The lowest BCUT2D eigenvalue weighted by molar-refractivity contribution is -0.131. The molecule has 0 aromatic rings. The van der Waals surface area contributed by atoms with Crippen LogP contribution in [0.1, 0.15) is 25.7 Å². The molecule has 0 aromatic carbocycles. The summed E-state index contributed by atoms with van der Waals surface area (Å²) in [5.74, 6) is -0.981. The fourth-order valence-electron chi connectivity index (χ4n) is 1.21. The van der Waals surface area contributed by atoms with E-state index in [0.29, 0.717) is 0 Å². The van der Waals surface area contributed by atoms with E-state index in [4.69, 9.17) is 5.11 Å². The van der Waals surface area contributed by atoms with Crippen molar-refractivity contribution < 1.29 is 9.90 Å². The molecule has 0 aliphatic carbocycles. The van der Waals surface area contributed by atoms with Crippen LogP contribution in [0.5, 0.6) is 0 Å². The van der Waals surface area contributed by atoms with E-state index in [1.54, 1.807) is 0 Å². The Bertz CT molecular complexity index is 180. The van der Waals surface area contributed by atoms with Crippen LogP contribution >= 0.6 is 0 Å². The Morgan fingerprint density at radius 3 is 1.47 bits per heavy atom. The third kappa shape index (κ3) is 25.4. The van der Waals surface area contributed by atoms with Gasteiger partial charge in [-0.15, -0.1) is 0 Å². The van der Waals surface area contributed by atoms with Gasteiger partial charge in [0.1, 0.15) is 0 Å². The molecule has 0 bridgehead atoms. The van der Waals surface area contributed by atoms with Gasteiger partial charge in [0, 0.05) is 6.08 Å². The normalized spacial score (nSPS) is 10.0. The molecule has 0 unspecified atom stereocenters. The van der Waals surface area contributed by atoms with Gasteiger partial charge in [0.05, 0.1) is 0 Å². The number of unbranched alkanes of at least 4 members (excludes halogenated alkanes) is 3. The summed E-state index contributed by atoms with van der Waals surface area (Å²) in [6.07, 6.45) is 6.29. The van der Waals surface area contributed by atoms with Crippen molar-refractivity contribution in [3.63, 3.8) is 0 Å². The first-order valence-electron chi connectivity index (χ1n) is 6.05. The van der Waals surface area contributed by atoms with Crippen LogP contribution in [0.4, 0.5) is 0 Å². The highest BCUT2D eigenvalue weighted by Gasteiger charge is 1.93. The van der Waals surface area contributed by atoms with Crippen molar-refractivity contribution in [1.82, 2.24) is 9.80 Å². The van der Waals surface area contributed by atoms with E-state index in [9.17, 15) is 4.79 Å². The van der Waals surface area contributed by atoms with Crippen molar-refractivity contribution in [1.29, 1.82) is 0 Å². The fraction of sp³-hybridized carbons (Fsp3) is 0.769. The lowest BCUT2D eigenvalue weighted by Crippen LogP contribution is -2.14. The number of hydrogen-bond acceptors (Lipinski definition) is 3. The molecule has 0 spiro atoms. The molecule has 0 radical (unpaired) electrons. The summed E-state index contributed by atoms with van der Waals surface area (Å²) >= 11 is 0. The van der Waals surface area contributed by atoms with Crippen molar-refractivity contribution in [3.8, 4) is 0 Å². The number of nitrogens with zero attached hydrogens (tertiary/aromatic N) is 2. The molecule has 0 aliphatic rings. The summed E-state index contributed by atoms with van der Waals surface area (Å²) in [6.45, 7) is 5.44. The molecule has 4 heteroatoms. The molecular formula is C13H28N2O2. The van der Waals surface area contributed by atoms with Crippen LogP contribution in [0.15, 0.2) is 12.7 Å². The zero-order valence-electron chi connectivity index (χ0n) is 11.8. The molecule has 1 N–H and O–H groups in total. The monoisotopic (exact) mass is 244 g/mol. The minimum Gasteiger partial charge on any atom is -0.478 e.